The second-order valence-electron chi connectivity index (χ2n) is 7.65. The second kappa shape index (κ2) is 10.5. The molecular formula is C26H22N2O8S. The number of barbiturate groups is 1. The zero-order valence-electron chi connectivity index (χ0n) is 19.8. The topological polar surface area (TPSA) is 128 Å². The van der Waals surface area contributed by atoms with E-state index in [1.807, 2.05) is 6.92 Å². The molecule has 11 heteroatoms. The Balaban J connectivity index is 1.63. The molecule has 1 fully saturated rings. The molecule has 0 atom stereocenters. The average Bonchev–Trinajstić information content (AvgIpc) is 2.88. The number of urea groups is 1. The van der Waals surface area contributed by atoms with Gasteiger partial charge in [0.1, 0.15) is 16.2 Å². The zero-order valence-corrected chi connectivity index (χ0v) is 20.7. The van der Waals surface area contributed by atoms with Crippen LogP contribution in [0.4, 0.5) is 10.5 Å². The Hall–Kier alpha value is -4.64. The molecule has 0 saturated carbocycles. The van der Waals surface area contributed by atoms with Gasteiger partial charge in [-0.2, -0.15) is 8.42 Å². The molecule has 190 valence electrons. The summed E-state index contributed by atoms with van der Waals surface area (Å²) in [6.45, 7) is 2.28. The van der Waals surface area contributed by atoms with Gasteiger partial charge in [-0.05, 0) is 67.1 Å². The van der Waals surface area contributed by atoms with Gasteiger partial charge in [0, 0.05) is 0 Å². The fraction of sp³-hybridized carbons (Fsp3) is 0.115. The lowest BCUT2D eigenvalue weighted by atomic mass is 10.1. The standard InChI is InChI=1S/C26H22N2O8S/c1-3-35-19-12-10-18(11-13-19)28-25(30)21(24(29)27-26(28)31)15-17-9-14-22(23(16-17)34-2)36-37(32,33)20-7-5-4-6-8-20/h4-16H,3H2,1-2H3,(H,27,29,31)/b21-15+. The number of rotatable bonds is 8. The number of hydrogen-bond donors (Lipinski definition) is 1. The summed E-state index contributed by atoms with van der Waals surface area (Å²) in [6.07, 6.45) is 1.27. The van der Waals surface area contributed by atoms with E-state index in [4.69, 9.17) is 13.7 Å². The highest BCUT2D eigenvalue weighted by Crippen LogP contribution is 2.32. The largest absolute Gasteiger partial charge is 0.494 e. The minimum absolute atomic E-state index is 0.0354. The highest BCUT2D eigenvalue weighted by atomic mass is 32.2. The van der Waals surface area contributed by atoms with E-state index < -0.39 is 28.0 Å². The molecule has 37 heavy (non-hydrogen) atoms. The summed E-state index contributed by atoms with van der Waals surface area (Å²) in [6, 6.07) is 17.2. The summed E-state index contributed by atoms with van der Waals surface area (Å²) in [5.74, 6) is -1.17. The molecule has 0 aliphatic carbocycles. The highest BCUT2D eigenvalue weighted by Gasteiger charge is 2.36. The van der Waals surface area contributed by atoms with Crippen LogP contribution in [0.3, 0.4) is 0 Å². The number of hydrogen-bond acceptors (Lipinski definition) is 8. The molecule has 1 aliphatic rings. The number of imide groups is 2. The lowest BCUT2D eigenvalue weighted by Gasteiger charge is -2.26. The Morgan fingerprint density at radius 2 is 1.62 bits per heavy atom. The normalized spacial score (nSPS) is 14.9. The molecule has 0 spiro atoms. The lowest BCUT2D eigenvalue weighted by molar-refractivity contribution is -0.122. The van der Waals surface area contributed by atoms with E-state index in [2.05, 4.69) is 5.32 Å². The van der Waals surface area contributed by atoms with Crippen LogP contribution in [-0.4, -0.2) is 40.0 Å². The molecule has 1 saturated heterocycles. The first kappa shape index (κ1) is 25.5. The quantitative estimate of drug-likeness (QED) is 0.270. The summed E-state index contributed by atoms with van der Waals surface area (Å²) in [4.78, 5) is 38.9. The number of amides is 4. The minimum atomic E-state index is -4.12. The predicted molar refractivity (Wildman–Crippen MR) is 134 cm³/mol. The van der Waals surface area contributed by atoms with Crippen molar-refractivity contribution in [2.75, 3.05) is 18.6 Å². The highest BCUT2D eigenvalue weighted by molar-refractivity contribution is 7.87. The van der Waals surface area contributed by atoms with Crippen LogP contribution in [0.5, 0.6) is 17.2 Å². The molecule has 1 heterocycles. The van der Waals surface area contributed by atoms with Crippen molar-refractivity contribution in [1.82, 2.24) is 5.32 Å². The van der Waals surface area contributed by atoms with E-state index in [0.29, 0.717) is 17.9 Å². The van der Waals surface area contributed by atoms with E-state index in [1.165, 1.54) is 55.7 Å². The summed E-state index contributed by atoms with van der Waals surface area (Å²) in [5.41, 5.74) is 0.277. The predicted octanol–water partition coefficient (Wildman–Crippen LogP) is 3.53. The smallest absolute Gasteiger partial charge is 0.339 e. The van der Waals surface area contributed by atoms with Crippen molar-refractivity contribution >= 4 is 39.7 Å². The molecule has 10 nitrogen and oxygen atoms in total. The molecule has 3 aromatic rings. The molecule has 0 radical (unpaired) electrons. The number of carbonyl (C=O) groups is 3. The maximum atomic E-state index is 13.1. The van der Waals surface area contributed by atoms with Crippen molar-refractivity contribution in [2.45, 2.75) is 11.8 Å². The summed E-state index contributed by atoms with van der Waals surface area (Å²) in [5, 5.41) is 2.15. The summed E-state index contributed by atoms with van der Waals surface area (Å²) >= 11 is 0. The number of benzene rings is 3. The van der Waals surface area contributed by atoms with E-state index in [9.17, 15) is 22.8 Å². The maximum absolute atomic E-state index is 13.1. The first-order chi connectivity index (χ1) is 17.7. The van der Waals surface area contributed by atoms with Gasteiger partial charge in [-0.3, -0.25) is 14.9 Å². The van der Waals surface area contributed by atoms with Crippen LogP contribution in [0.2, 0.25) is 0 Å². The van der Waals surface area contributed by atoms with Crippen LogP contribution in [0, 0.1) is 0 Å². The molecular weight excluding hydrogens is 500 g/mol. The maximum Gasteiger partial charge on any atom is 0.339 e. The number of nitrogens with one attached hydrogen (secondary N) is 1. The average molecular weight is 523 g/mol. The molecule has 1 aliphatic heterocycles. The fourth-order valence-electron chi connectivity index (χ4n) is 3.51. The van der Waals surface area contributed by atoms with E-state index >= 15 is 0 Å². The number of carbonyl (C=O) groups excluding carboxylic acids is 3. The third kappa shape index (κ3) is 5.46. The lowest BCUT2D eigenvalue weighted by Crippen LogP contribution is -2.54. The number of ether oxygens (including phenoxy) is 2. The first-order valence-corrected chi connectivity index (χ1v) is 12.5. The summed E-state index contributed by atoms with van der Waals surface area (Å²) in [7, 11) is -2.80. The van der Waals surface area contributed by atoms with Crippen LogP contribution in [-0.2, 0) is 19.7 Å². The van der Waals surface area contributed by atoms with Crippen molar-refractivity contribution in [3.8, 4) is 17.2 Å². The Bertz CT molecular complexity index is 1480. The minimum Gasteiger partial charge on any atom is -0.494 e. The number of anilines is 1. The van der Waals surface area contributed by atoms with Crippen molar-refractivity contribution in [3.05, 3.63) is 83.9 Å². The second-order valence-corrected chi connectivity index (χ2v) is 9.19. The van der Waals surface area contributed by atoms with Crippen LogP contribution in [0.1, 0.15) is 12.5 Å². The first-order valence-electron chi connectivity index (χ1n) is 11.1. The molecule has 4 amide bonds. The number of methoxy groups -OCH3 is 1. The zero-order chi connectivity index (χ0) is 26.6. The van der Waals surface area contributed by atoms with E-state index in [-0.39, 0.29) is 27.7 Å². The molecule has 3 aromatic carbocycles. The third-order valence-corrected chi connectivity index (χ3v) is 6.49. The van der Waals surface area contributed by atoms with Gasteiger partial charge in [0.2, 0.25) is 0 Å². The van der Waals surface area contributed by atoms with Crippen LogP contribution in [0.15, 0.2) is 83.3 Å². The van der Waals surface area contributed by atoms with E-state index in [0.717, 1.165) is 4.90 Å². The molecule has 1 N–H and O–H groups in total. The Labute approximate surface area is 213 Å². The van der Waals surface area contributed by atoms with Crippen molar-refractivity contribution in [2.24, 2.45) is 0 Å². The van der Waals surface area contributed by atoms with Gasteiger partial charge in [-0.15, -0.1) is 0 Å². The van der Waals surface area contributed by atoms with Gasteiger partial charge < -0.3 is 13.7 Å². The van der Waals surface area contributed by atoms with E-state index in [1.54, 1.807) is 30.3 Å². The molecule has 4 rings (SSSR count). The molecule has 0 bridgehead atoms. The van der Waals surface area contributed by atoms with Gasteiger partial charge >= 0.3 is 16.1 Å². The third-order valence-electron chi connectivity index (χ3n) is 5.24. The van der Waals surface area contributed by atoms with Gasteiger partial charge in [0.05, 0.1) is 19.4 Å². The van der Waals surface area contributed by atoms with Gasteiger partial charge in [0.25, 0.3) is 11.8 Å². The van der Waals surface area contributed by atoms with Crippen molar-refractivity contribution in [3.63, 3.8) is 0 Å². The SMILES string of the molecule is CCOc1ccc(N2C(=O)NC(=O)/C(=C\c3ccc(OS(=O)(=O)c4ccccc4)c(OC)c3)C2=O)cc1. The number of nitrogens with zero attached hydrogens (tertiary/aromatic N) is 1. The Morgan fingerprint density at radius 1 is 0.919 bits per heavy atom. The van der Waals surface area contributed by atoms with Crippen LogP contribution >= 0.6 is 0 Å². The Kier molecular flexibility index (Phi) is 7.25. The monoisotopic (exact) mass is 522 g/mol. The van der Waals surface area contributed by atoms with Crippen LogP contribution < -0.4 is 23.9 Å². The summed E-state index contributed by atoms with van der Waals surface area (Å²) < 4.78 is 41.0. The van der Waals surface area contributed by atoms with Gasteiger partial charge in [-0.1, -0.05) is 24.3 Å². The van der Waals surface area contributed by atoms with Crippen LogP contribution in [0.25, 0.3) is 6.08 Å². The Morgan fingerprint density at radius 3 is 2.27 bits per heavy atom. The van der Waals surface area contributed by atoms with Gasteiger partial charge in [-0.25, -0.2) is 9.69 Å². The van der Waals surface area contributed by atoms with Crippen molar-refractivity contribution < 1.29 is 36.5 Å². The van der Waals surface area contributed by atoms with Gasteiger partial charge in [0.15, 0.2) is 11.5 Å². The fourth-order valence-corrected chi connectivity index (χ4v) is 4.47. The van der Waals surface area contributed by atoms with Crippen molar-refractivity contribution in [1.29, 1.82) is 0 Å². The molecule has 0 unspecified atom stereocenters. The molecule has 0 aromatic heterocycles.